The van der Waals surface area contributed by atoms with Gasteiger partial charge in [0.15, 0.2) is 5.78 Å². The van der Waals surface area contributed by atoms with Crippen LogP contribution in [0.25, 0.3) is 0 Å². The van der Waals surface area contributed by atoms with Crippen LogP contribution in [0.15, 0.2) is 88.3 Å². The zero-order valence-electron chi connectivity index (χ0n) is 12.8. The second-order valence-corrected chi connectivity index (χ2v) is 6.64. The number of Topliss-reactive ketones (excluding diaryl/α,β-unsaturated/α-hetero) is 1. The lowest BCUT2D eigenvalue weighted by molar-refractivity contribution is 0.0988. The van der Waals surface area contributed by atoms with Crippen molar-refractivity contribution in [3.63, 3.8) is 0 Å². The zero-order valence-corrected chi connectivity index (χ0v) is 14.4. The van der Waals surface area contributed by atoms with Crippen LogP contribution in [0.5, 0.6) is 0 Å². The van der Waals surface area contributed by atoms with E-state index in [0.717, 1.165) is 32.6 Å². The molecular weight excluding hydrogens is 362 g/mol. The molecule has 24 heavy (non-hydrogen) atoms. The number of carbonyl (C=O) groups excluding carboxylic acids is 1. The predicted octanol–water partition coefficient (Wildman–Crippen LogP) is 5.55. The molecular formula is C21H14BrNO. The molecule has 0 heterocycles. The van der Waals surface area contributed by atoms with Crippen molar-refractivity contribution in [2.24, 2.45) is 4.99 Å². The molecule has 0 saturated heterocycles. The molecule has 4 rings (SSSR count). The van der Waals surface area contributed by atoms with Gasteiger partial charge in [-0.2, -0.15) is 0 Å². The minimum absolute atomic E-state index is 0.118. The van der Waals surface area contributed by atoms with Gasteiger partial charge in [0, 0.05) is 15.6 Å². The van der Waals surface area contributed by atoms with E-state index >= 15 is 0 Å². The summed E-state index contributed by atoms with van der Waals surface area (Å²) in [5, 5.41) is 0. The highest BCUT2D eigenvalue weighted by atomic mass is 79.9. The van der Waals surface area contributed by atoms with E-state index in [2.05, 4.69) is 15.9 Å². The number of nitrogens with zero attached hydrogens (tertiary/aromatic N) is 1. The lowest BCUT2D eigenvalue weighted by Crippen LogP contribution is -2.13. The van der Waals surface area contributed by atoms with E-state index in [4.69, 9.17) is 4.99 Å². The van der Waals surface area contributed by atoms with Crippen LogP contribution < -0.4 is 0 Å². The normalized spacial score (nSPS) is 18.0. The maximum atomic E-state index is 13.0. The Morgan fingerprint density at radius 3 is 2.08 bits per heavy atom. The molecule has 0 bridgehead atoms. The van der Waals surface area contributed by atoms with Crippen LogP contribution in [0.2, 0.25) is 0 Å². The predicted molar refractivity (Wildman–Crippen MR) is 100 cm³/mol. The molecule has 1 atom stereocenters. The van der Waals surface area contributed by atoms with E-state index in [9.17, 15) is 4.79 Å². The molecule has 0 N–H and O–H groups in total. The average Bonchev–Trinajstić information content (AvgIpc) is 2.90. The molecule has 0 fully saturated rings. The third-order valence-corrected chi connectivity index (χ3v) is 4.74. The van der Waals surface area contributed by atoms with Crippen LogP contribution in [-0.4, -0.2) is 11.5 Å². The number of carbonyl (C=O) groups is 1. The van der Waals surface area contributed by atoms with E-state index in [1.54, 1.807) is 0 Å². The Labute approximate surface area is 149 Å². The van der Waals surface area contributed by atoms with Gasteiger partial charge >= 0.3 is 0 Å². The Balaban J connectivity index is 1.89. The van der Waals surface area contributed by atoms with Crippen LogP contribution >= 0.6 is 15.9 Å². The van der Waals surface area contributed by atoms with Crippen molar-refractivity contribution in [3.8, 4) is 0 Å². The van der Waals surface area contributed by atoms with Crippen molar-refractivity contribution < 1.29 is 4.79 Å². The molecule has 0 aromatic heterocycles. The van der Waals surface area contributed by atoms with E-state index in [1.807, 2.05) is 78.9 Å². The summed E-state index contributed by atoms with van der Waals surface area (Å²) in [5.41, 5.74) is 4.33. The third kappa shape index (κ3) is 2.61. The summed E-state index contributed by atoms with van der Waals surface area (Å²) in [6, 6.07) is 25.4. The molecule has 1 aliphatic rings. The first-order chi connectivity index (χ1) is 11.7. The zero-order chi connectivity index (χ0) is 16.5. The Morgan fingerprint density at radius 1 is 0.750 bits per heavy atom. The second-order valence-electron chi connectivity index (χ2n) is 5.73. The van der Waals surface area contributed by atoms with Crippen molar-refractivity contribution in [1.82, 2.24) is 0 Å². The number of fused-ring (bicyclic) bond motifs is 1. The van der Waals surface area contributed by atoms with E-state index in [-0.39, 0.29) is 11.7 Å². The number of rotatable bonds is 2. The largest absolute Gasteiger partial charge is 0.293 e. The highest BCUT2D eigenvalue weighted by Gasteiger charge is 2.37. The highest BCUT2D eigenvalue weighted by molar-refractivity contribution is 9.10. The van der Waals surface area contributed by atoms with Gasteiger partial charge in [0.25, 0.3) is 0 Å². The summed E-state index contributed by atoms with van der Waals surface area (Å²) >= 11 is 3.44. The van der Waals surface area contributed by atoms with Crippen molar-refractivity contribution in [1.29, 1.82) is 0 Å². The summed E-state index contributed by atoms with van der Waals surface area (Å²) in [4.78, 5) is 17.8. The van der Waals surface area contributed by atoms with Crippen molar-refractivity contribution in [2.75, 3.05) is 0 Å². The molecule has 0 amide bonds. The average molecular weight is 376 g/mol. The third-order valence-electron chi connectivity index (χ3n) is 4.21. The van der Waals surface area contributed by atoms with Crippen molar-refractivity contribution in [3.05, 3.63) is 100 Å². The Hall–Kier alpha value is -2.52. The molecule has 1 unspecified atom stereocenters. The minimum Gasteiger partial charge on any atom is -0.293 e. The second kappa shape index (κ2) is 6.17. The number of halogens is 1. The van der Waals surface area contributed by atoms with Gasteiger partial charge < -0.3 is 0 Å². The smallest absolute Gasteiger partial charge is 0.176 e. The highest BCUT2D eigenvalue weighted by Crippen LogP contribution is 2.36. The Morgan fingerprint density at radius 2 is 1.38 bits per heavy atom. The molecule has 0 aliphatic heterocycles. The first kappa shape index (κ1) is 15.0. The number of hydrogen-bond donors (Lipinski definition) is 0. The summed E-state index contributed by atoms with van der Waals surface area (Å²) in [6.45, 7) is 0. The number of aliphatic imine (C=N–C) groups is 1. The van der Waals surface area contributed by atoms with Gasteiger partial charge in [-0.25, -0.2) is 0 Å². The van der Waals surface area contributed by atoms with Gasteiger partial charge in [-0.15, -0.1) is 0 Å². The maximum absolute atomic E-state index is 13.0. The quantitative estimate of drug-likeness (QED) is 0.577. The van der Waals surface area contributed by atoms with Crippen molar-refractivity contribution >= 4 is 33.1 Å². The lowest BCUT2D eigenvalue weighted by Gasteiger charge is -2.11. The molecule has 1 aliphatic carbocycles. The number of ketones is 1. The van der Waals surface area contributed by atoms with E-state index in [1.165, 1.54) is 0 Å². The molecule has 3 heteroatoms. The number of hydrogen-bond acceptors (Lipinski definition) is 2. The van der Waals surface area contributed by atoms with Gasteiger partial charge in [-0.05, 0) is 29.8 Å². The summed E-state index contributed by atoms with van der Waals surface area (Å²) < 4.78 is 1.01. The van der Waals surface area contributed by atoms with Crippen LogP contribution in [-0.2, 0) is 0 Å². The van der Waals surface area contributed by atoms with Gasteiger partial charge in [-0.1, -0.05) is 70.5 Å². The number of benzene rings is 3. The summed E-state index contributed by atoms with van der Waals surface area (Å²) in [7, 11) is 0. The molecule has 0 spiro atoms. The van der Waals surface area contributed by atoms with Crippen LogP contribution in [0.3, 0.4) is 0 Å². The molecule has 2 nitrogen and oxygen atoms in total. The summed E-state index contributed by atoms with van der Waals surface area (Å²) in [6.07, 6.45) is 0. The lowest BCUT2D eigenvalue weighted by atomic mass is 9.93. The first-order valence-electron chi connectivity index (χ1n) is 7.77. The fourth-order valence-corrected chi connectivity index (χ4v) is 3.36. The molecule has 3 aromatic rings. The molecule has 3 aromatic carbocycles. The van der Waals surface area contributed by atoms with Gasteiger partial charge in [0.1, 0.15) is 0 Å². The van der Waals surface area contributed by atoms with Crippen LogP contribution in [0.1, 0.15) is 27.4 Å². The fraction of sp³-hybridized carbons (Fsp3) is 0.0476. The van der Waals surface area contributed by atoms with Gasteiger partial charge in [0.05, 0.1) is 17.3 Å². The van der Waals surface area contributed by atoms with Gasteiger partial charge in [-0.3, -0.25) is 9.79 Å². The van der Waals surface area contributed by atoms with Crippen LogP contribution in [0, 0.1) is 0 Å². The minimum atomic E-state index is -0.341. The SMILES string of the molecule is O=C1c2ccccc2C(=Nc2ccc(Br)cc2)C1c1ccccc1. The Kier molecular flexibility index (Phi) is 3.87. The fourth-order valence-electron chi connectivity index (χ4n) is 3.09. The van der Waals surface area contributed by atoms with Crippen molar-refractivity contribution in [2.45, 2.75) is 5.92 Å². The summed E-state index contributed by atoms with van der Waals surface area (Å²) in [5.74, 6) is -0.222. The molecule has 0 radical (unpaired) electrons. The van der Waals surface area contributed by atoms with E-state index < -0.39 is 0 Å². The monoisotopic (exact) mass is 375 g/mol. The van der Waals surface area contributed by atoms with Crippen LogP contribution in [0.4, 0.5) is 5.69 Å². The topological polar surface area (TPSA) is 29.4 Å². The maximum Gasteiger partial charge on any atom is 0.176 e. The standard InChI is InChI=1S/C21H14BrNO/c22-15-10-12-16(13-11-15)23-20-17-8-4-5-9-18(17)21(24)19(20)14-6-2-1-3-7-14/h1-13,19H. The molecule has 116 valence electrons. The Bertz CT molecular complexity index is 930. The van der Waals surface area contributed by atoms with Gasteiger partial charge in [0.2, 0.25) is 0 Å². The molecule has 0 saturated carbocycles. The first-order valence-corrected chi connectivity index (χ1v) is 8.56. The van der Waals surface area contributed by atoms with E-state index in [0.29, 0.717) is 0 Å².